The smallest absolute Gasteiger partial charge is 0.232 e. The third-order valence-corrected chi connectivity index (χ3v) is 2.53. The summed E-state index contributed by atoms with van der Waals surface area (Å²) in [5, 5.41) is 0. The van der Waals surface area contributed by atoms with Gasteiger partial charge in [-0.1, -0.05) is 30.3 Å². The summed E-state index contributed by atoms with van der Waals surface area (Å²) < 4.78 is 0. The van der Waals surface area contributed by atoms with Crippen molar-refractivity contribution in [1.82, 2.24) is 4.90 Å². The Balaban J connectivity index is 2.02. The number of hydrogen-bond acceptors (Lipinski definition) is 2. The first-order chi connectivity index (χ1) is 7.31. The summed E-state index contributed by atoms with van der Waals surface area (Å²) in [5.41, 5.74) is 0.985. The second-order valence-electron chi connectivity index (χ2n) is 3.83. The molecule has 0 heterocycles. The Bertz CT molecular complexity index is 357. The first kappa shape index (κ1) is 9.90. The summed E-state index contributed by atoms with van der Waals surface area (Å²) in [5.74, 6) is 0.0627. The van der Waals surface area contributed by atoms with Crippen LogP contribution in [-0.4, -0.2) is 17.2 Å². The van der Waals surface area contributed by atoms with E-state index >= 15 is 0 Å². The van der Waals surface area contributed by atoms with Crippen LogP contribution in [0.1, 0.15) is 18.4 Å². The largest absolute Gasteiger partial charge is 0.281 e. The minimum Gasteiger partial charge on any atom is -0.281 e. The van der Waals surface area contributed by atoms with E-state index in [2.05, 4.69) is 0 Å². The van der Waals surface area contributed by atoms with Crippen LogP contribution in [0.15, 0.2) is 30.3 Å². The van der Waals surface area contributed by atoms with E-state index in [-0.39, 0.29) is 11.8 Å². The van der Waals surface area contributed by atoms with Gasteiger partial charge in [-0.2, -0.15) is 0 Å². The molecule has 0 saturated heterocycles. The van der Waals surface area contributed by atoms with E-state index in [9.17, 15) is 9.59 Å². The van der Waals surface area contributed by atoms with Crippen LogP contribution in [0.4, 0.5) is 0 Å². The number of nitrogens with zero attached hydrogens (tertiary/aromatic N) is 1. The summed E-state index contributed by atoms with van der Waals surface area (Å²) >= 11 is 0. The fourth-order valence-corrected chi connectivity index (χ4v) is 1.51. The number of carbonyl (C=O) groups is 2. The molecule has 1 aliphatic rings. The van der Waals surface area contributed by atoms with Crippen molar-refractivity contribution in [1.29, 1.82) is 0 Å². The predicted octanol–water partition coefficient (Wildman–Crippen LogP) is 1.58. The second-order valence-corrected chi connectivity index (χ2v) is 3.83. The highest BCUT2D eigenvalue weighted by Gasteiger charge is 2.33. The van der Waals surface area contributed by atoms with Crippen molar-refractivity contribution < 1.29 is 9.59 Å². The Morgan fingerprint density at radius 3 is 2.53 bits per heavy atom. The summed E-state index contributed by atoms with van der Waals surface area (Å²) in [6.45, 7) is 0.389. The predicted molar refractivity (Wildman–Crippen MR) is 55.8 cm³/mol. The van der Waals surface area contributed by atoms with E-state index in [4.69, 9.17) is 0 Å². The zero-order valence-corrected chi connectivity index (χ0v) is 8.43. The summed E-state index contributed by atoms with van der Waals surface area (Å²) in [6, 6.07) is 9.55. The molecule has 3 heteroatoms. The highest BCUT2D eigenvalue weighted by Crippen LogP contribution is 2.31. The molecule has 1 aliphatic carbocycles. The Kier molecular flexibility index (Phi) is 2.81. The molecule has 0 spiro atoms. The van der Waals surface area contributed by atoms with Gasteiger partial charge in [-0.3, -0.25) is 14.5 Å². The van der Waals surface area contributed by atoms with E-state index in [1.807, 2.05) is 30.3 Å². The zero-order valence-electron chi connectivity index (χ0n) is 8.43. The first-order valence-electron chi connectivity index (χ1n) is 5.11. The molecule has 1 aromatic rings. The van der Waals surface area contributed by atoms with Gasteiger partial charge in [0.15, 0.2) is 0 Å². The van der Waals surface area contributed by atoms with Crippen LogP contribution in [-0.2, 0) is 16.1 Å². The van der Waals surface area contributed by atoms with Crippen molar-refractivity contribution in [2.75, 3.05) is 0 Å². The Labute approximate surface area is 88.7 Å². The SMILES string of the molecule is O=CN(Cc1ccccc1)C(=O)C1CC1. The van der Waals surface area contributed by atoms with Gasteiger partial charge >= 0.3 is 0 Å². The van der Waals surface area contributed by atoms with Gasteiger partial charge in [-0.25, -0.2) is 0 Å². The van der Waals surface area contributed by atoms with Crippen LogP contribution in [0.25, 0.3) is 0 Å². The molecule has 15 heavy (non-hydrogen) atoms. The van der Waals surface area contributed by atoms with E-state index < -0.39 is 0 Å². The van der Waals surface area contributed by atoms with Gasteiger partial charge in [0.25, 0.3) is 0 Å². The lowest BCUT2D eigenvalue weighted by Gasteiger charge is -2.14. The van der Waals surface area contributed by atoms with Crippen molar-refractivity contribution >= 4 is 12.3 Å². The number of carbonyl (C=O) groups excluding carboxylic acids is 2. The van der Waals surface area contributed by atoms with Gasteiger partial charge in [0.1, 0.15) is 0 Å². The van der Waals surface area contributed by atoms with Gasteiger partial charge in [-0.15, -0.1) is 0 Å². The molecule has 0 aliphatic heterocycles. The van der Waals surface area contributed by atoms with Crippen molar-refractivity contribution in [3.63, 3.8) is 0 Å². The van der Waals surface area contributed by atoms with Crippen LogP contribution in [0.2, 0.25) is 0 Å². The minimum atomic E-state index is -0.0335. The standard InChI is InChI=1S/C12H13NO2/c14-9-13(12(15)11-6-7-11)8-10-4-2-1-3-5-10/h1-5,9,11H,6-8H2. The minimum absolute atomic E-state index is 0.0335. The van der Waals surface area contributed by atoms with Crippen LogP contribution in [0.3, 0.4) is 0 Å². The molecule has 1 aromatic carbocycles. The second kappa shape index (κ2) is 4.26. The van der Waals surface area contributed by atoms with Gasteiger partial charge in [0.05, 0.1) is 6.54 Å². The lowest BCUT2D eigenvalue weighted by atomic mass is 10.2. The van der Waals surface area contributed by atoms with Gasteiger partial charge in [0.2, 0.25) is 12.3 Å². The van der Waals surface area contributed by atoms with Crippen LogP contribution in [0.5, 0.6) is 0 Å². The molecule has 0 aromatic heterocycles. The van der Waals surface area contributed by atoms with E-state index in [1.165, 1.54) is 4.90 Å². The summed E-state index contributed by atoms with van der Waals surface area (Å²) in [7, 11) is 0. The first-order valence-corrected chi connectivity index (χ1v) is 5.11. The van der Waals surface area contributed by atoms with Crippen LogP contribution < -0.4 is 0 Å². The van der Waals surface area contributed by atoms with Crippen molar-refractivity contribution in [2.45, 2.75) is 19.4 Å². The average Bonchev–Trinajstić information content (AvgIpc) is 3.10. The fraction of sp³-hybridized carbons (Fsp3) is 0.333. The Morgan fingerprint density at radius 2 is 2.00 bits per heavy atom. The molecule has 0 unspecified atom stereocenters. The van der Waals surface area contributed by atoms with Gasteiger partial charge < -0.3 is 0 Å². The number of rotatable bonds is 4. The number of imide groups is 1. The van der Waals surface area contributed by atoms with Gasteiger partial charge in [-0.05, 0) is 18.4 Å². The maximum absolute atomic E-state index is 11.6. The topological polar surface area (TPSA) is 37.4 Å². The highest BCUT2D eigenvalue weighted by atomic mass is 16.2. The zero-order chi connectivity index (χ0) is 10.7. The maximum Gasteiger partial charge on any atom is 0.232 e. The quantitative estimate of drug-likeness (QED) is 0.697. The molecule has 0 N–H and O–H groups in total. The Hall–Kier alpha value is -1.64. The van der Waals surface area contributed by atoms with E-state index in [1.54, 1.807) is 0 Å². The number of benzene rings is 1. The van der Waals surface area contributed by atoms with Crippen LogP contribution in [0, 0.1) is 5.92 Å². The number of hydrogen-bond donors (Lipinski definition) is 0. The lowest BCUT2D eigenvalue weighted by Crippen LogP contribution is -2.30. The molecule has 2 rings (SSSR count). The van der Waals surface area contributed by atoms with Crippen molar-refractivity contribution in [2.24, 2.45) is 5.92 Å². The molecule has 78 valence electrons. The molecule has 1 saturated carbocycles. The van der Waals surface area contributed by atoms with Crippen molar-refractivity contribution in [3.05, 3.63) is 35.9 Å². The van der Waals surface area contributed by atoms with Gasteiger partial charge in [0, 0.05) is 5.92 Å². The molecule has 2 amide bonds. The molecule has 1 fully saturated rings. The average molecular weight is 203 g/mol. The maximum atomic E-state index is 11.6. The highest BCUT2D eigenvalue weighted by molar-refractivity contribution is 5.89. The van der Waals surface area contributed by atoms with Crippen LogP contribution >= 0.6 is 0 Å². The molecule has 0 atom stereocenters. The van der Waals surface area contributed by atoms with E-state index in [0.29, 0.717) is 13.0 Å². The van der Waals surface area contributed by atoms with E-state index in [0.717, 1.165) is 18.4 Å². The molecular weight excluding hydrogens is 190 g/mol. The summed E-state index contributed by atoms with van der Waals surface area (Å²) in [6.07, 6.45) is 2.49. The Morgan fingerprint density at radius 1 is 1.33 bits per heavy atom. The monoisotopic (exact) mass is 203 g/mol. The molecule has 3 nitrogen and oxygen atoms in total. The third-order valence-electron chi connectivity index (χ3n) is 2.53. The fourth-order valence-electron chi connectivity index (χ4n) is 1.51. The summed E-state index contributed by atoms with van der Waals surface area (Å²) in [4.78, 5) is 23.7. The molecular formula is C12H13NO2. The normalized spacial score (nSPS) is 14.7. The number of amides is 2. The van der Waals surface area contributed by atoms with Crippen molar-refractivity contribution in [3.8, 4) is 0 Å². The molecule has 0 radical (unpaired) electrons. The third kappa shape index (κ3) is 2.43. The lowest BCUT2D eigenvalue weighted by molar-refractivity contribution is -0.139. The molecule has 0 bridgehead atoms.